The number of carboxylic acids is 1. The minimum atomic E-state index is -3.60. The average Bonchev–Trinajstić information content (AvgIpc) is 2.71. The maximum absolute atomic E-state index is 11.3. The number of rotatable bonds is 6. The molecule has 0 bridgehead atoms. The molecule has 0 unspecified atom stereocenters. The predicted octanol–water partition coefficient (Wildman–Crippen LogP) is 0.789. The normalized spacial score (nSPS) is 11.5. The first-order valence-corrected chi connectivity index (χ1v) is 7.29. The number of nitrogens with zero attached hydrogens (tertiary/aromatic N) is 1. The summed E-state index contributed by atoms with van der Waals surface area (Å²) in [6, 6.07) is 3.25. The highest BCUT2D eigenvalue weighted by molar-refractivity contribution is 7.89. The summed E-state index contributed by atoms with van der Waals surface area (Å²) in [6.45, 7) is 0.0426. The van der Waals surface area contributed by atoms with Crippen LogP contribution in [0.5, 0.6) is 0 Å². The second-order valence-electron chi connectivity index (χ2n) is 3.21. The molecule has 1 heterocycles. The number of hydrogen-bond donors (Lipinski definition) is 2. The Labute approximate surface area is 108 Å². The van der Waals surface area contributed by atoms with E-state index in [1.54, 1.807) is 17.5 Å². The Bertz CT molecular complexity index is 596. The predicted molar refractivity (Wildman–Crippen MR) is 67.2 cm³/mol. The maximum Gasteiger partial charge on any atom is 0.328 e. The van der Waals surface area contributed by atoms with Gasteiger partial charge in [0, 0.05) is 17.5 Å². The lowest BCUT2D eigenvalue weighted by molar-refractivity contribution is -0.131. The molecule has 0 aliphatic heterocycles. The van der Waals surface area contributed by atoms with Crippen LogP contribution in [0.4, 0.5) is 0 Å². The van der Waals surface area contributed by atoms with Gasteiger partial charge in [-0.05, 0) is 23.1 Å². The van der Waals surface area contributed by atoms with Crippen molar-refractivity contribution < 1.29 is 18.3 Å². The number of thiophene rings is 1. The van der Waals surface area contributed by atoms with Crippen LogP contribution >= 0.6 is 11.3 Å². The molecule has 0 saturated heterocycles. The topological polar surface area (TPSA) is 107 Å². The van der Waals surface area contributed by atoms with Gasteiger partial charge in [0.1, 0.15) is 0 Å². The molecule has 0 aliphatic carbocycles. The third kappa shape index (κ3) is 4.67. The van der Waals surface area contributed by atoms with Crippen LogP contribution in [0.15, 0.2) is 17.5 Å². The van der Waals surface area contributed by atoms with Gasteiger partial charge in [0.25, 0.3) is 0 Å². The summed E-state index contributed by atoms with van der Waals surface area (Å²) >= 11 is 1.31. The highest BCUT2D eigenvalue weighted by atomic mass is 32.2. The van der Waals surface area contributed by atoms with Crippen LogP contribution in [0, 0.1) is 11.3 Å². The van der Waals surface area contributed by atoms with Gasteiger partial charge < -0.3 is 5.11 Å². The van der Waals surface area contributed by atoms with Crippen molar-refractivity contribution in [1.29, 1.82) is 5.26 Å². The summed E-state index contributed by atoms with van der Waals surface area (Å²) in [6.07, 6.45) is 2.38. The zero-order valence-corrected chi connectivity index (χ0v) is 10.8. The molecule has 2 N–H and O–H groups in total. The van der Waals surface area contributed by atoms with Crippen molar-refractivity contribution in [2.75, 3.05) is 5.75 Å². The van der Waals surface area contributed by atoms with Gasteiger partial charge in [-0.2, -0.15) is 5.26 Å². The van der Waals surface area contributed by atoms with Gasteiger partial charge in [-0.1, -0.05) is 0 Å². The molecule has 0 amide bonds. The minimum absolute atomic E-state index is 0.0426. The minimum Gasteiger partial charge on any atom is -0.478 e. The molecule has 96 valence electrons. The summed E-state index contributed by atoms with van der Waals surface area (Å²) in [5.41, 5.74) is 0.641. The smallest absolute Gasteiger partial charge is 0.328 e. The van der Waals surface area contributed by atoms with Crippen LogP contribution < -0.4 is 4.72 Å². The largest absolute Gasteiger partial charge is 0.478 e. The van der Waals surface area contributed by atoms with E-state index in [4.69, 9.17) is 10.4 Å². The zero-order chi connectivity index (χ0) is 13.6. The summed E-state index contributed by atoms with van der Waals surface area (Å²) in [7, 11) is -3.60. The van der Waals surface area contributed by atoms with Crippen LogP contribution in [0.3, 0.4) is 0 Å². The molecular weight excluding hydrogens is 276 g/mol. The van der Waals surface area contributed by atoms with Gasteiger partial charge in [0.05, 0.1) is 6.07 Å². The lowest BCUT2D eigenvalue weighted by Gasteiger charge is -2.02. The van der Waals surface area contributed by atoms with Crippen LogP contribution in [0.2, 0.25) is 0 Å². The van der Waals surface area contributed by atoms with Crippen LogP contribution in [-0.2, 0) is 21.4 Å². The van der Waals surface area contributed by atoms with E-state index in [1.807, 2.05) is 0 Å². The fourth-order valence-corrected chi connectivity index (χ4v) is 2.65. The average molecular weight is 286 g/mol. The number of carbonyl (C=O) groups is 1. The van der Waals surface area contributed by atoms with Gasteiger partial charge in [-0.3, -0.25) is 0 Å². The van der Waals surface area contributed by atoms with Gasteiger partial charge >= 0.3 is 5.97 Å². The van der Waals surface area contributed by atoms with Crippen molar-refractivity contribution in [3.63, 3.8) is 0 Å². The molecule has 0 saturated carbocycles. The molecule has 0 atom stereocenters. The van der Waals surface area contributed by atoms with Gasteiger partial charge in [0.15, 0.2) is 5.75 Å². The third-order valence-electron chi connectivity index (χ3n) is 1.89. The van der Waals surface area contributed by atoms with E-state index in [2.05, 4.69) is 4.72 Å². The number of sulfonamides is 1. The lowest BCUT2D eigenvalue weighted by Crippen LogP contribution is -2.25. The Balaban J connectivity index is 2.73. The van der Waals surface area contributed by atoms with Crippen LogP contribution in [-0.4, -0.2) is 25.2 Å². The molecule has 1 aromatic rings. The molecule has 0 aromatic carbocycles. The van der Waals surface area contributed by atoms with Crippen molar-refractivity contribution in [1.82, 2.24) is 4.72 Å². The van der Waals surface area contributed by atoms with E-state index in [9.17, 15) is 13.2 Å². The van der Waals surface area contributed by atoms with Crippen molar-refractivity contribution in [2.45, 2.75) is 6.54 Å². The Hall–Kier alpha value is -1.69. The van der Waals surface area contributed by atoms with E-state index in [1.165, 1.54) is 17.4 Å². The Morgan fingerprint density at radius 2 is 2.33 bits per heavy atom. The van der Waals surface area contributed by atoms with Gasteiger partial charge in [-0.15, -0.1) is 11.3 Å². The second kappa shape index (κ2) is 6.30. The Morgan fingerprint density at radius 3 is 2.94 bits per heavy atom. The molecule has 0 fully saturated rings. The summed E-state index contributed by atoms with van der Waals surface area (Å²) in [4.78, 5) is 11.1. The van der Waals surface area contributed by atoms with E-state index < -0.39 is 21.7 Å². The van der Waals surface area contributed by atoms with Crippen LogP contribution in [0.25, 0.3) is 6.08 Å². The van der Waals surface area contributed by atoms with E-state index in [0.29, 0.717) is 10.4 Å². The number of hydrogen-bond acceptors (Lipinski definition) is 5. The van der Waals surface area contributed by atoms with Crippen molar-refractivity contribution >= 4 is 33.4 Å². The molecule has 18 heavy (non-hydrogen) atoms. The molecule has 0 radical (unpaired) electrons. The molecule has 6 nitrogen and oxygen atoms in total. The summed E-state index contributed by atoms with van der Waals surface area (Å²) in [5, 5.41) is 18.5. The highest BCUT2D eigenvalue weighted by Crippen LogP contribution is 2.18. The Morgan fingerprint density at radius 1 is 1.61 bits per heavy atom. The van der Waals surface area contributed by atoms with Gasteiger partial charge in [0.2, 0.25) is 10.0 Å². The molecule has 1 rings (SSSR count). The van der Waals surface area contributed by atoms with Crippen LogP contribution in [0.1, 0.15) is 10.4 Å². The second-order valence-corrected chi connectivity index (χ2v) is 6.02. The highest BCUT2D eigenvalue weighted by Gasteiger charge is 2.10. The van der Waals surface area contributed by atoms with Gasteiger partial charge in [-0.25, -0.2) is 17.9 Å². The van der Waals surface area contributed by atoms with Crippen molar-refractivity contribution in [3.05, 3.63) is 28.0 Å². The molecule has 1 aromatic heterocycles. The first-order valence-electron chi connectivity index (χ1n) is 4.76. The van der Waals surface area contributed by atoms with Crippen molar-refractivity contribution in [2.24, 2.45) is 0 Å². The SMILES string of the molecule is N#CCS(=O)(=O)NCc1sccc1C=CC(=O)O. The molecular formula is C10H10N2O4S2. The van der Waals surface area contributed by atoms with Crippen molar-refractivity contribution in [3.8, 4) is 6.07 Å². The van der Waals surface area contributed by atoms with E-state index in [0.717, 1.165) is 6.08 Å². The first-order chi connectivity index (χ1) is 8.44. The Kier molecular flexibility index (Phi) is 5.03. The standard InChI is InChI=1S/C10H10N2O4S2/c11-4-6-18(15,16)12-7-9-8(3-5-17-9)1-2-10(13)14/h1-3,5,12H,6-7H2,(H,13,14). The summed E-state index contributed by atoms with van der Waals surface area (Å²) < 4.78 is 24.8. The number of nitriles is 1. The van der Waals surface area contributed by atoms with E-state index in [-0.39, 0.29) is 6.54 Å². The number of nitrogens with one attached hydrogen (secondary N) is 1. The fraction of sp³-hybridized carbons (Fsp3) is 0.200. The number of aliphatic carboxylic acids is 1. The number of carboxylic acid groups (broad SMARTS) is 1. The maximum atomic E-state index is 11.3. The third-order valence-corrected chi connectivity index (χ3v) is 3.92. The molecule has 0 aliphatic rings. The molecule has 0 spiro atoms. The zero-order valence-electron chi connectivity index (χ0n) is 9.16. The van der Waals surface area contributed by atoms with E-state index >= 15 is 0 Å². The quantitative estimate of drug-likeness (QED) is 0.752. The monoisotopic (exact) mass is 286 g/mol. The first kappa shape index (κ1) is 14.4. The fourth-order valence-electron chi connectivity index (χ4n) is 1.12. The lowest BCUT2D eigenvalue weighted by atomic mass is 10.2. The molecule has 8 heteroatoms. The summed E-state index contributed by atoms with van der Waals surface area (Å²) in [5.74, 6) is -1.67.